The smallest absolute Gasteiger partial charge is 0.166 e. The largest absolute Gasteiger partial charge is 0.467 e. The zero-order valence-electron chi connectivity index (χ0n) is 14.7. The van der Waals surface area contributed by atoms with Gasteiger partial charge in [-0.2, -0.15) is 0 Å². The molecule has 26 heavy (non-hydrogen) atoms. The summed E-state index contributed by atoms with van der Waals surface area (Å²) in [6, 6.07) is 12.3. The van der Waals surface area contributed by atoms with Crippen molar-refractivity contribution < 1.29 is 8.81 Å². The molecule has 2 aliphatic heterocycles. The van der Waals surface area contributed by atoms with E-state index in [0.29, 0.717) is 29.8 Å². The average Bonchev–Trinajstić information content (AvgIpc) is 3.22. The van der Waals surface area contributed by atoms with Crippen LogP contribution in [-0.4, -0.2) is 28.1 Å². The molecule has 0 spiro atoms. The number of hydrogen-bond acceptors (Lipinski definition) is 3. The van der Waals surface area contributed by atoms with E-state index in [9.17, 15) is 4.39 Å². The van der Waals surface area contributed by atoms with Crippen LogP contribution in [0.4, 0.5) is 4.39 Å². The van der Waals surface area contributed by atoms with E-state index >= 15 is 0 Å². The minimum Gasteiger partial charge on any atom is -0.467 e. The predicted molar refractivity (Wildman–Crippen MR) is 103 cm³/mol. The van der Waals surface area contributed by atoms with E-state index in [2.05, 4.69) is 15.5 Å². The monoisotopic (exact) mass is 373 g/mol. The molecule has 4 rings (SSSR count). The van der Waals surface area contributed by atoms with E-state index in [0.717, 1.165) is 25.1 Å². The molecule has 2 aliphatic rings. The molecular weight excluding hydrogens is 349 g/mol. The van der Waals surface area contributed by atoms with E-state index in [1.807, 2.05) is 24.3 Å². The molecule has 2 fully saturated rings. The predicted octanol–water partition coefficient (Wildman–Crippen LogP) is 3.58. The molecule has 3 heterocycles. The lowest BCUT2D eigenvalue weighted by molar-refractivity contribution is 0.114. The molecule has 2 unspecified atom stereocenters. The fourth-order valence-corrected chi connectivity index (χ4v) is 4.51. The van der Waals surface area contributed by atoms with Gasteiger partial charge in [0.25, 0.3) is 0 Å². The van der Waals surface area contributed by atoms with Crippen LogP contribution in [-0.2, 0) is 13.1 Å². The Hall–Kier alpha value is -1.92. The zero-order chi connectivity index (χ0) is 17.9. The third kappa shape index (κ3) is 4.07. The van der Waals surface area contributed by atoms with E-state index < -0.39 is 0 Å². The molecule has 2 bridgehead atoms. The summed E-state index contributed by atoms with van der Waals surface area (Å²) in [5.74, 6) is 0.707. The van der Waals surface area contributed by atoms with Gasteiger partial charge in [0, 0.05) is 24.7 Å². The molecule has 4 nitrogen and oxygen atoms in total. The Morgan fingerprint density at radius 2 is 1.88 bits per heavy atom. The molecule has 1 aromatic heterocycles. The number of nitrogens with one attached hydrogen (secondary N) is 2. The maximum Gasteiger partial charge on any atom is 0.166 e. The second kappa shape index (κ2) is 7.76. The van der Waals surface area contributed by atoms with Crippen molar-refractivity contribution in [3.8, 4) is 0 Å². The van der Waals surface area contributed by atoms with Gasteiger partial charge in [-0.25, -0.2) is 4.39 Å². The van der Waals surface area contributed by atoms with Crippen molar-refractivity contribution in [1.29, 1.82) is 0 Å². The van der Waals surface area contributed by atoms with Crippen LogP contribution in [0.15, 0.2) is 47.1 Å². The van der Waals surface area contributed by atoms with Gasteiger partial charge in [-0.3, -0.25) is 4.90 Å². The Bertz CT molecular complexity index is 720. The number of thiocarbonyl (C=S) groups is 1. The third-order valence-electron chi connectivity index (χ3n) is 5.50. The summed E-state index contributed by atoms with van der Waals surface area (Å²) < 4.78 is 18.4. The minimum absolute atomic E-state index is 0.171. The highest BCUT2D eigenvalue weighted by molar-refractivity contribution is 7.80. The number of benzene rings is 1. The molecule has 1 aromatic carbocycles. The van der Waals surface area contributed by atoms with Gasteiger partial charge in [0.1, 0.15) is 11.6 Å². The van der Waals surface area contributed by atoms with Gasteiger partial charge in [-0.05, 0) is 67.7 Å². The van der Waals surface area contributed by atoms with E-state index in [1.54, 1.807) is 18.4 Å². The summed E-state index contributed by atoms with van der Waals surface area (Å²) in [6.45, 7) is 1.51. The van der Waals surface area contributed by atoms with Crippen molar-refractivity contribution in [3.05, 3.63) is 59.8 Å². The minimum atomic E-state index is -0.171. The number of fused-ring (bicyclic) bond motifs is 2. The molecule has 2 saturated heterocycles. The topological polar surface area (TPSA) is 40.4 Å². The molecule has 138 valence electrons. The van der Waals surface area contributed by atoms with Crippen molar-refractivity contribution in [2.24, 2.45) is 0 Å². The highest BCUT2D eigenvalue weighted by Crippen LogP contribution is 2.36. The van der Waals surface area contributed by atoms with E-state index in [-0.39, 0.29) is 5.82 Å². The first-order chi connectivity index (χ1) is 12.7. The number of rotatable bonds is 5. The summed E-state index contributed by atoms with van der Waals surface area (Å²) >= 11 is 5.44. The van der Waals surface area contributed by atoms with Crippen LogP contribution in [0, 0.1) is 5.82 Å². The van der Waals surface area contributed by atoms with Crippen LogP contribution in [0.25, 0.3) is 0 Å². The Morgan fingerprint density at radius 1 is 1.15 bits per heavy atom. The Balaban J connectivity index is 1.28. The zero-order valence-corrected chi connectivity index (χ0v) is 15.5. The quantitative estimate of drug-likeness (QED) is 0.784. The first-order valence-corrected chi connectivity index (χ1v) is 9.65. The molecule has 2 atom stereocenters. The lowest BCUT2D eigenvalue weighted by Crippen LogP contribution is -2.51. The lowest BCUT2D eigenvalue weighted by atomic mass is 9.96. The van der Waals surface area contributed by atoms with E-state index in [4.69, 9.17) is 16.6 Å². The van der Waals surface area contributed by atoms with E-state index in [1.165, 1.54) is 18.4 Å². The number of hydrogen-bond donors (Lipinski definition) is 2. The van der Waals surface area contributed by atoms with Crippen LogP contribution < -0.4 is 10.6 Å². The van der Waals surface area contributed by atoms with Gasteiger partial charge in [-0.15, -0.1) is 0 Å². The Morgan fingerprint density at radius 3 is 2.54 bits per heavy atom. The highest BCUT2D eigenvalue weighted by atomic mass is 32.1. The molecule has 0 aliphatic carbocycles. The van der Waals surface area contributed by atoms with Gasteiger partial charge < -0.3 is 15.1 Å². The van der Waals surface area contributed by atoms with Crippen molar-refractivity contribution in [1.82, 2.24) is 15.5 Å². The molecule has 0 radical (unpaired) electrons. The summed E-state index contributed by atoms with van der Waals surface area (Å²) in [4.78, 5) is 2.59. The first kappa shape index (κ1) is 17.5. The van der Waals surface area contributed by atoms with Gasteiger partial charge in [0.05, 0.1) is 12.8 Å². The van der Waals surface area contributed by atoms with Gasteiger partial charge in [0.2, 0.25) is 0 Å². The van der Waals surface area contributed by atoms with Crippen LogP contribution in [0.3, 0.4) is 0 Å². The third-order valence-corrected chi connectivity index (χ3v) is 5.76. The molecule has 6 heteroatoms. The Labute approximate surface area is 158 Å². The van der Waals surface area contributed by atoms with Crippen LogP contribution in [0.2, 0.25) is 0 Å². The summed E-state index contributed by atoms with van der Waals surface area (Å²) in [7, 11) is 0. The molecule has 2 N–H and O–H groups in total. The highest BCUT2D eigenvalue weighted by Gasteiger charge is 2.40. The molecule has 2 aromatic rings. The number of furan rings is 1. The number of halogens is 1. The maximum absolute atomic E-state index is 13.1. The fraction of sp³-hybridized carbons (Fsp3) is 0.450. The maximum atomic E-state index is 13.1. The fourth-order valence-electron chi connectivity index (χ4n) is 4.27. The van der Waals surface area contributed by atoms with Crippen LogP contribution in [0.1, 0.15) is 37.0 Å². The van der Waals surface area contributed by atoms with Gasteiger partial charge in [0.15, 0.2) is 5.11 Å². The first-order valence-electron chi connectivity index (χ1n) is 9.24. The van der Waals surface area contributed by atoms with Gasteiger partial charge >= 0.3 is 0 Å². The van der Waals surface area contributed by atoms with Crippen LogP contribution in [0.5, 0.6) is 0 Å². The second-order valence-electron chi connectivity index (χ2n) is 7.26. The van der Waals surface area contributed by atoms with Gasteiger partial charge in [-0.1, -0.05) is 12.1 Å². The molecular formula is C20H24FN3OS. The number of nitrogens with zero attached hydrogens (tertiary/aromatic N) is 1. The summed E-state index contributed by atoms with van der Waals surface area (Å²) in [6.07, 6.45) is 6.33. The summed E-state index contributed by atoms with van der Waals surface area (Å²) in [5.41, 5.74) is 1.19. The number of piperidine rings is 1. The van der Waals surface area contributed by atoms with Crippen molar-refractivity contribution in [2.75, 3.05) is 0 Å². The summed E-state index contributed by atoms with van der Waals surface area (Å²) in [5, 5.41) is 7.39. The normalized spacial score (nSPS) is 25.2. The standard InChI is InChI=1S/C20H24FN3OS/c21-15-5-3-14(4-6-15)13-24-17-7-8-18(24)11-16(10-17)23-20(26)22-12-19-2-1-9-25-19/h1-6,9,16-18H,7-8,10-13H2,(H2,22,23,26). The van der Waals surface area contributed by atoms with Crippen molar-refractivity contribution in [2.45, 2.75) is 56.9 Å². The molecule has 0 amide bonds. The SMILES string of the molecule is Fc1ccc(CN2C3CCC2CC(NC(=S)NCc2ccco2)C3)cc1. The van der Waals surface area contributed by atoms with Crippen molar-refractivity contribution >= 4 is 17.3 Å². The van der Waals surface area contributed by atoms with Crippen LogP contribution >= 0.6 is 12.2 Å². The lowest BCUT2D eigenvalue weighted by Gasteiger charge is -2.39. The average molecular weight is 373 g/mol. The Kier molecular flexibility index (Phi) is 5.22. The molecule has 0 saturated carbocycles. The second-order valence-corrected chi connectivity index (χ2v) is 7.67. The van der Waals surface area contributed by atoms with Crippen molar-refractivity contribution in [3.63, 3.8) is 0 Å².